The standard InChI is InChI=1S/C15H24N2O/c1-2-18-15(10-6-7-11-15)14(17-16)12-13-8-4-3-5-9-13/h3-5,8-9,14,17H,2,6-7,10-12,16H2,1H3. The van der Waals surface area contributed by atoms with Crippen LogP contribution < -0.4 is 11.3 Å². The van der Waals surface area contributed by atoms with E-state index in [-0.39, 0.29) is 11.6 Å². The summed E-state index contributed by atoms with van der Waals surface area (Å²) in [5, 5.41) is 0. The average Bonchev–Trinajstić information content (AvgIpc) is 2.87. The monoisotopic (exact) mass is 248 g/mol. The number of benzene rings is 1. The van der Waals surface area contributed by atoms with Crippen LogP contribution in [0.2, 0.25) is 0 Å². The Balaban J connectivity index is 2.11. The van der Waals surface area contributed by atoms with E-state index < -0.39 is 0 Å². The molecule has 0 spiro atoms. The zero-order chi connectivity index (χ0) is 12.8. The van der Waals surface area contributed by atoms with Gasteiger partial charge in [-0.2, -0.15) is 0 Å². The van der Waals surface area contributed by atoms with Gasteiger partial charge >= 0.3 is 0 Å². The quantitative estimate of drug-likeness (QED) is 0.600. The maximum absolute atomic E-state index is 6.07. The zero-order valence-corrected chi connectivity index (χ0v) is 11.2. The van der Waals surface area contributed by atoms with Crippen molar-refractivity contribution in [2.24, 2.45) is 5.84 Å². The number of hydrazine groups is 1. The largest absolute Gasteiger partial charge is 0.374 e. The van der Waals surface area contributed by atoms with Gasteiger partial charge in [-0.05, 0) is 31.7 Å². The molecule has 100 valence electrons. The second kappa shape index (κ2) is 6.32. The van der Waals surface area contributed by atoms with E-state index in [2.05, 4.69) is 36.6 Å². The molecule has 3 N–H and O–H groups in total. The van der Waals surface area contributed by atoms with Crippen LogP contribution in [-0.4, -0.2) is 18.2 Å². The van der Waals surface area contributed by atoms with Gasteiger partial charge in [-0.1, -0.05) is 43.2 Å². The van der Waals surface area contributed by atoms with E-state index in [1.807, 2.05) is 6.07 Å². The molecule has 1 aliphatic carbocycles. The molecule has 3 nitrogen and oxygen atoms in total. The fraction of sp³-hybridized carbons (Fsp3) is 0.600. The van der Waals surface area contributed by atoms with Crippen molar-refractivity contribution in [2.45, 2.75) is 50.7 Å². The molecule has 0 amide bonds. The summed E-state index contributed by atoms with van der Waals surface area (Å²) in [7, 11) is 0. The van der Waals surface area contributed by atoms with E-state index in [9.17, 15) is 0 Å². The highest BCUT2D eigenvalue weighted by atomic mass is 16.5. The lowest BCUT2D eigenvalue weighted by molar-refractivity contribution is -0.0613. The van der Waals surface area contributed by atoms with Crippen molar-refractivity contribution in [3.05, 3.63) is 35.9 Å². The van der Waals surface area contributed by atoms with Gasteiger partial charge in [0.15, 0.2) is 0 Å². The molecule has 3 heteroatoms. The van der Waals surface area contributed by atoms with Crippen LogP contribution >= 0.6 is 0 Å². The summed E-state index contributed by atoms with van der Waals surface area (Å²) in [6.07, 6.45) is 5.64. The van der Waals surface area contributed by atoms with Gasteiger partial charge in [0.25, 0.3) is 0 Å². The molecule has 2 rings (SSSR count). The van der Waals surface area contributed by atoms with Crippen molar-refractivity contribution < 1.29 is 4.74 Å². The van der Waals surface area contributed by atoms with Gasteiger partial charge in [0, 0.05) is 6.61 Å². The van der Waals surface area contributed by atoms with E-state index >= 15 is 0 Å². The first-order chi connectivity index (χ1) is 8.80. The van der Waals surface area contributed by atoms with Crippen molar-refractivity contribution in [1.29, 1.82) is 0 Å². The lowest BCUT2D eigenvalue weighted by Gasteiger charge is -2.37. The van der Waals surface area contributed by atoms with Gasteiger partial charge in [0.1, 0.15) is 0 Å². The van der Waals surface area contributed by atoms with Gasteiger partial charge in [0.2, 0.25) is 0 Å². The van der Waals surface area contributed by atoms with Crippen LogP contribution in [0.3, 0.4) is 0 Å². The van der Waals surface area contributed by atoms with Gasteiger partial charge in [0.05, 0.1) is 11.6 Å². The van der Waals surface area contributed by atoms with Gasteiger partial charge in [-0.3, -0.25) is 11.3 Å². The number of hydrogen-bond acceptors (Lipinski definition) is 3. The molecule has 0 bridgehead atoms. The van der Waals surface area contributed by atoms with Gasteiger partial charge in [-0.25, -0.2) is 0 Å². The van der Waals surface area contributed by atoms with E-state index in [1.54, 1.807) is 0 Å². The third-order valence-corrected chi connectivity index (χ3v) is 4.00. The highest BCUT2D eigenvalue weighted by Crippen LogP contribution is 2.37. The third-order valence-electron chi connectivity index (χ3n) is 4.00. The van der Waals surface area contributed by atoms with Crippen LogP contribution in [0.25, 0.3) is 0 Å². The van der Waals surface area contributed by atoms with Crippen LogP contribution in [0.4, 0.5) is 0 Å². The molecule has 1 aromatic rings. The Morgan fingerprint density at radius 2 is 1.94 bits per heavy atom. The summed E-state index contributed by atoms with van der Waals surface area (Å²) < 4.78 is 6.07. The SMILES string of the molecule is CCOC1(C(Cc2ccccc2)NN)CCCC1. The molecule has 0 radical (unpaired) electrons. The van der Waals surface area contributed by atoms with E-state index in [4.69, 9.17) is 10.6 Å². The van der Waals surface area contributed by atoms with Crippen LogP contribution in [0.5, 0.6) is 0 Å². The molecule has 0 aliphatic heterocycles. The van der Waals surface area contributed by atoms with E-state index in [0.29, 0.717) is 0 Å². The molecular formula is C15H24N2O. The molecular weight excluding hydrogens is 224 g/mol. The summed E-state index contributed by atoms with van der Waals surface area (Å²) >= 11 is 0. The van der Waals surface area contributed by atoms with Crippen molar-refractivity contribution >= 4 is 0 Å². The third kappa shape index (κ3) is 2.91. The number of hydrogen-bond donors (Lipinski definition) is 2. The van der Waals surface area contributed by atoms with Crippen molar-refractivity contribution in [3.8, 4) is 0 Å². The summed E-state index contributed by atoms with van der Waals surface area (Å²) in [5.74, 6) is 5.79. The smallest absolute Gasteiger partial charge is 0.0851 e. The minimum Gasteiger partial charge on any atom is -0.374 e. The maximum atomic E-state index is 6.07. The highest BCUT2D eigenvalue weighted by molar-refractivity contribution is 5.17. The van der Waals surface area contributed by atoms with Gasteiger partial charge in [-0.15, -0.1) is 0 Å². The van der Waals surface area contributed by atoms with Gasteiger partial charge < -0.3 is 4.74 Å². The molecule has 1 saturated carbocycles. The molecule has 1 fully saturated rings. The molecule has 18 heavy (non-hydrogen) atoms. The first-order valence-electron chi connectivity index (χ1n) is 6.95. The Morgan fingerprint density at radius 3 is 2.50 bits per heavy atom. The first-order valence-corrected chi connectivity index (χ1v) is 6.95. The Morgan fingerprint density at radius 1 is 1.28 bits per heavy atom. The molecule has 1 aliphatic rings. The zero-order valence-electron chi connectivity index (χ0n) is 11.2. The predicted molar refractivity (Wildman–Crippen MR) is 74.1 cm³/mol. The van der Waals surface area contributed by atoms with E-state index in [0.717, 1.165) is 25.9 Å². The second-order valence-electron chi connectivity index (χ2n) is 5.11. The highest BCUT2D eigenvalue weighted by Gasteiger charge is 2.41. The summed E-state index contributed by atoms with van der Waals surface area (Å²) in [6, 6.07) is 10.7. The molecule has 1 atom stereocenters. The summed E-state index contributed by atoms with van der Waals surface area (Å²) in [6.45, 7) is 2.82. The fourth-order valence-electron chi connectivity index (χ4n) is 3.10. The van der Waals surface area contributed by atoms with Crippen molar-refractivity contribution in [1.82, 2.24) is 5.43 Å². The molecule has 1 aromatic carbocycles. The Kier molecular flexibility index (Phi) is 4.75. The summed E-state index contributed by atoms with van der Waals surface area (Å²) in [5.41, 5.74) is 4.23. The lowest BCUT2D eigenvalue weighted by Crippen LogP contribution is -2.54. The second-order valence-corrected chi connectivity index (χ2v) is 5.11. The number of nitrogens with one attached hydrogen (secondary N) is 1. The normalized spacial score (nSPS) is 19.9. The van der Waals surface area contributed by atoms with Crippen LogP contribution in [0.1, 0.15) is 38.2 Å². The topological polar surface area (TPSA) is 47.3 Å². The van der Waals surface area contributed by atoms with Crippen LogP contribution in [0, 0.1) is 0 Å². The maximum Gasteiger partial charge on any atom is 0.0851 e. The minimum absolute atomic E-state index is 0.0701. The Bertz CT molecular complexity index is 347. The van der Waals surface area contributed by atoms with Crippen LogP contribution in [-0.2, 0) is 11.2 Å². The number of rotatable bonds is 6. The first kappa shape index (κ1) is 13.5. The molecule has 0 saturated heterocycles. The fourth-order valence-corrected chi connectivity index (χ4v) is 3.10. The minimum atomic E-state index is -0.0701. The van der Waals surface area contributed by atoms with E-state index in [1.165, 1.54) is 18.4 Å². The van der Waals surface area contributed by atoms with Crippen molar-refractivity contribution in [2.75, 3.05) is 6.61 Å². The predicted octanol–water partition coefficient (Wildman–Crippen LogP) is 2.41. The average molecular weight is 248 g/mol. The number of nitrogens with two attached hydrogens (primary N) is 1. The molecule has 0 heterocycles. The summed E-state index contributed by atoms with van der Waals surface area (Å²) in [4.78, 5) is 0. The Hall–Kier alpha value is -0.900. The number of ether oxygens (including phenoxy) is 1. The van der Waals surface area contributed by atoms with Crippen molar-refractivity contribution in [3.63, 3.8) is 0 Å². The Labute approximate surface area is 110 Å². The van der Waals surface area contributed by atoms with Crippen LogP contribution in [0.15, 0.2) is 30.3 Å². The molecule has 0 aromatic heterocycles. The lowest BCUT2D eigenvalue weighted by atomic mass is 9.87. The molecule has 1 unspecified atom stereocenters.